The smallest absolute Gasteiger partial charge is 0.258 e. The van der Waals surface area contributed by atoms with Gasteiger partial charge in [-0.2, -0.15) is 0 Å². The van der Waals surface area contributed by atoms with Gasteiger partial charge in [-0.3, -0.25) is 4.79 Å². The van der Waals surface area contributed by atoms with Crippen LogP contribution in [0.4, 0.5) is 5.69 Å². The Balaban J connectivity index is 2.40. The lowest BCUT2D eigenvalue weighted by molar-refractivity contribution is 0.0992. The minimum absolute atomic E-state index is 0.130. The van der Waals surface area contributed by atoms with E-state index in [-0.39, 0.29) is 5.91 Å². The van der Waals surface area contributed by atoms with Gasteiger partial charge in [-0.05, 0) is 52.7 Å². The third-order valence-corrected chi connectivity index (χ3v) is 4.17. The van der Waals surface area contributed by atoms with Crippen molar-refractivity contribution in [2.45, 2.75) is 6.92 Å². The van der Waals surface area contributed by atoms with E-state index in [0.29, 0.717) is 21.5 Å². The molecule has 2 rings (SSSR count). The van der Waals surface area contributed by atoms with Crippen LogP contribution in [0, 0.1) is 6.92 Å². The van der Waals surface area contributed by atoms with Gasteiger partial charge in [0.1, 0.15) is 16.0 Å². The van der Waals surface area contributed by atoms with Crippen LogP contribution in [-0.2, 0) is 0 Å². The summed E-state index contributed by atoms with van der Waals surface area (Å²) in [6, 6.07) is 11.2. The Morgan fingerprint density at radius 2 is 1.68 bits per heavy atom. The number of anilines is 1. The number of nitrogens with zero attached hydrogens (tertiary/aromatic N) is 1. The summed E-state index contributed by atoms with van der Waals surface area (Å²) in [4.78, 5) is 14.3. The molecule has 0 radical (unpaired) electrons. The number of ether oxygens (including phenoxy) is 2. The van der Waals surface area contributed by atoms with Gasteiger partial charge >= 0.3 is 0 Å². The van der Waals surface area contributed by atoms with E-state index in [2.05, 4.69) is 15.9 Å². The molecular weight excluding hydrogens is 346 g/mol. The molecule has 0 bridgehead atoms. The van der Waals surface area contributed by atoms with Crippen molar-refractivity contribution in [2.24, 2.45) is 0 Å². The van der Waals surface area contributed by atoms with Crippen LogP contribution in [-0.4, -0.2) is 27.2 Å². The zero-order chi connectivity index (χ0) is 16.3. The van der Waals surface area contributed by atoms with Crippen molar-refractivity contribution < 1.29 is 14.3 Å². The number of amides is 1. The van der Waals surface area contributed by atoms with Crippen molar-refractivity contribution in [1.82, 2.24) is 0 Å². The summed E-state index contributed by atoms with van der Waals surface area (Å²) < 4.78 is 11.3. The molecule has 0 saturated heterocycles. The highest BCUT2D eigenvalue weighted by Crippen LogP contribution is 2.36. The van der Waals surface area contributed by atoms with Gasteiger partial charge in [0.15, 0.2) is 0 Å². The largest absolute Gasteiger partial charge is 0.495 e. The molecule has 0 heterocycles. The summed E-state index contributed by atoms with van der Waals surface area (Å²) >= 11 is 3.40. The quantitative estimate of drug-likeness (QED) is 0.822. The van der Waals surface area contributed by atoms with Gasteiger partial charge in [0, 0.05) is 18.3 Å². The first-order valence-corrected chi connectivity index (χ1v) is 7.53. The van der Waals surface area contributed by atoms with Crippen molar-refractivity contribution >= 4 is 27.5 Å². The standard InChI is InChI=1S/C17H18BrNO3/c1-11-6-5-7-13(8-11)19(2)17(20)12-9-14(21-3)16(18)15(10-12)22-4/h5-10H,1-4H3. The normalized spacial score (nSPS) is 10.2. The van der Waals surface area contributed by atoms with Gasteiger partial charge in [0.25, 0.3) is 5.91 Å². The molecule has 0 aromatic heterocycles. The molecule has 0 aliphatic heterocycles. The summed E-state index contributed by atoms with van der Waals surface area (Å²) in [5.41, 5.74) is 2.44. The molecule has 22 heavy (non-hydrogen) atoms. The van der Waals surface area contributed by atoms with Crippen molar-refractivity contribution in [3.05, 3.63) is 52.0 Å². The summed E-state index contributed by atoms with van der Waals surface area (Å²) in [6.45, 7) is 1.99. The minimum atomic E-state index is -0.130. The number of rotatable bonds is 4. The van der Waals surface area contributed by atoms with Crippen LogP contribution < -0.4 is 14.4 Å². The molecule has 0 N–H and O–H groups in total. The highest BCUT2D eigenvalue weighted by Gasteiger charge is 2.18. The fourth-order valence-electron chi connectivity index (χ4n) is 2.14. The second-order valence-corrected chi connectivity index (χ2v) is 5.69. The second kappa shape index (κ2) is 6.83. The lowest BCUT2D eigenvalue weighted by atomic mass is 10.1. The predicted molar refractivity (Wildman–Crippen MR) is 91.2 cm³/mol. The maximum atomic E-state index is 12.7. The number of methoxy groups -OCH3 is 2. The van der Waals surface area contributed by atoms with E-state index >= 15 is 0 Å². The van der Waals surface area contributed by atoms with Crippen molar-refractivity contribution in [3.63, 3.8) is 0 Å². The lowest BCUT2D eigenvalue weighted by Crippen LogP contribution is -2.26. The molecule has 2 aromatic carbocycles. The minimum Gasteiger partial charge on any atom is -0.495 e. The number of carbonyl (C=O) groups excluding carboxylic acids is 1. The van der Waals surface area contributed by atoms with Gasteiger partial charge in [-0.25, -0.2) is 0 Å². The molecule has 5 heteroatoms. The second-order valence-electron chi connectivity index (χ2n) is 4.90. The highest BCUT2D eigenvalue weighted by molar-refractivity contribution is 9.10. The van der Waals surface area contributed by atoms with E-state index in [1.165, 1.54) is 0 Å². The average Bonchev–Trinajstić information content (AvgIpc) is 2.53. The molecule has 0 aliphatic carbocycles. The van der Waals surface area contributed by atoms with E-state index in [1.807, 2.05) is 31.2 Å². The van der Waals surface area contributed by atoms with Gasteiger partial charge in [-0.1, -0.05) is 12.1 Å². The summed E-state index contributed by atoms with van der Waals surface area (Å²) in [7, 11) is 4.86. The molecule has 116 valence electrons. The number of benzene rings is 2. The van der Waals surface area contributed by atoms with Crippen LogP contribution in [0.5, 0.6) is 11.5 Å². The van der Waals surface area contributed by atoms with Crippen LogP contribution in [0.2, 0.25) is 0 Å². The first kappa shape index (κ1) is 16.4. The molecule has 2 aromatic rings. The predicted octanol–water partition coefficient (Wildman–Crippen LogP) is 4.05. The molecule has 0 spiro atoms. The van der Waals surface area contributed by atoms with Crippen LogP contribution in [0.25, 0.3) is 0 Å². The first-order valence-electron chi connectivity index (χ1n) is 6.74. The molecule has 0 fully saturated rings. The Kier molecular flexibility index (Phi) is 5.08. The van der Waals surface area contributed by atoms with E-state index in [4.69, 9.17) is 9.47 Å². The van der Waals surface area contributed by atoms with Crippen molar-refractivity contribution in [3.8, 4) is 11.5 Å². The molecule has 4 nitrogen and oxygen atoms in total. The fourth-order valence-corrected chi connectivity index (χ4v) is 2.69. The van der Waals surface area contributed by atoms with Gasteiger partial charge in [-0.15, -0.1) is 0 Å². The molecule has 0 atom stereocenters. The van der Waals surface area contributed by atoms with Crippen LogP contribution in [0.15, 0.2) is 40.9 Å². The average molecular weight is 364 g/mol. The van der Waals surface area contributed by atoms with E-state index < -0.39 is 0 Å². The molecule has 0 aliphatic rings. The Labute approximate surface area is 138 Å². The Morgan fingerprint density at radius 3 is 2.18 bits per heavy atom. The monoisotopic (exact) mass is 363 g/mol. The Hall–Kier alpha value is -2.01. The van der Waals surface area contributed by atoms with Crippen LogP contribution in [0.1, 0.15) is 15.9 Å². The van der Waals surface area contributed by atoms with Crippen molar-refractivity contribution in [2.75, 3.05) is 26.2 Å². The van der Waals surface area contributed by atoms with Gasteiger partial charge < -0.3 is 14.4 Å². The maximum Gasteiger partial charge on any atom is 0.258 e. The van der Waals surface area contributed by atoms with Gasteiger partial charge in [0.2, 0.25) is 0 Å². The zero-order valence-electron chi connectivity index (χ0n) is 13.0. The number of carbonyl (C=O) groups is 1. The van der Waals surface area contributed by atoms with Crippen LogP contribution in [0.3, 0.4) is 0 Å². The lowest BCUT2D eigenvalue weighted by Gasteiger charge is -2.19. The number of halogens is 1. The maximum absolute atomic E-state index is 12.7. The summed E-state index contributed by atoms with van der Waals surface area (Å²) in [5, 5.41) is 0. The SMILES string of the molecule is COc1cc(C(=O)N(C)c2cccc(C)c2)cc(OC)c1Br. The van der Waals surface area contributed by atoms with Crippen LogP contribution >= 0.6 is 15.9 Å². The van der Waals surface area contributed by atoms with E-state index in [0.717, 1.165) is 11.3 Å². The van der Waals surface area contributed by atoms with E-state index in [9.17, 15) is 4.79 Å². The molecule has 1 amide bonds. The topological polar surface area (TPSA) is 38.8 Å². The molecular formula is C17H18BrNO3. The number of hydrogen-bond acceptors (Lipinski definition) is 3. The van der Waals surface area contributed by atoms with Gasteiger partial charge in [0.05, 0.1) is 14.2 Å². The molecule has 0 saturated carbocycles. The summed E-state index contributed by atoms with van der Waals surface area (Å²) in [5.74, 6) is 0.982. The fraction of sp³-hybridized carbons (Fsp3) is 0.235. The van der Waals surface area contributed by atoms with E-state index in [1.54, 1.807) is 38.3 Å². The van der Waals surface area contributed by atoms with Crippen molar-refractivity contribution in [1.29, 1.82) is 0 Å². The molecule has 0 unspecified atom stereocenters. The number of aryl methyl sites for hydroxylation is 1. The Bertz CT molecular complexity index is 675. The first-order chi connectivity index (χ1) is 10.5. The third kappa shape index (κ3) is 3.25. The third-order valence-electron chi connectivity index (χ3n) is 3.39. The Morgan fingerprint density at radius 1 is 1.09 bits per heavy atom. The highest BCUT2D eigenvalue weighted by atomic mass is 79.9. The summed E-state index contributed by atoms with van der Waals surface area (Å²) in [6.07, 6.45) is 0. The number of hydrogen-bond donors (Lipinski definition) is 0. The zero-order valence-corrected chi connectivity index (χ0v) is 14.6.